The number of hydrogen-bond acceptors (Lipinski definition) is 5. The normalized spacial score (nSPS) is 11.3. The molecule has 0 fully saturated rings. The highest BCUT2D eigenvalue weighted by atomic mass is 19.4. The Balaban J connectivity index is 2.63. The molecule has 0 unspecified atom stereocenters. The van der Waals surface area contributed by atoms with E-state index >= 15 is 0 Å². The lowest BCUT2D eigenvalue weighted by atomic mass is 10.1. The van der Waals surface area contributed by atoms with Crippen molar-refractivity contribution in [1.82, 2.24) is 9.55 Å². The molecule has 0 radical (unpaired) electrons. The number of methoxy groups -OCH3 is 1. The van der Waals surface area contributed by atoms with Crippen LogP contribution in [-0.2, 0) is 10.9 Å². The summed E-state index contributed by atoms with van der Waals surface area (Å²) in [6.45, 7) is 1.45. The third kappa shape index (κ3) is 3.00. The number of aromatic nitrogens is 2. The average Bonchev–Trinajstić information content (AvgIpc) is 2.86. The molecule has 23 heavy (non-hydrogen) atoms. The zero-order chi connectivity index (χ0) is 17.4. The molecule has 2 aromatic rings. The quantitative estimate of drug-likeness (QED) is 0.491. The summed E-state index contributed by atoms with van der Waals surface area (Å²) in [6.07, 6.45) is -3.60. The number of nitro benzene ring substituents is 1. The summed E-state index contributed by atoms with van der Waals surface area (Å²) in [5, 5.41) is 11.1. The van der Waals surface area contributed by atoms with Crippen LogP contribution in [0.1, 0.15) is 21.7 Å². The first kappa shape index (κ1) is 16.5. The van der Waals surface area contributed by atoms with Crippen molar-refractivity contribution in [2.45, 2.75) is 13.1 Å². The minimum absolute atomic E-state index is 0.0818. The van der Waals surface area contributed by atoms with E-state index < -0.39 is 28.3 Å². The van der Waals surface area contributed by atoms with Crippen molar-refractivity contribution in [1.29, 1.82) is 0 Å². The molecule has 0 atom stereocenters. The summed E-state index contributed by atoms with van der Waals surface area (Å²) in [6, 6.07) is 2.11. The minimum atomic E-state index is -4.70. The van der Waals surface area contributed by atoms with Crippen LogP contribution in [0.2, 0.25) is 0 Å². The van der Waals surface area contributed by atoms with Crippen LogP contribution in [0.3, 0.4) is 0 Å². The highest BCUT2D eigenvalue weighted by Crippen LogP contribution is 2.34. The van der Waals surface area contributed by atoms with Crippen molar-refractivity contribution in [3.8, 4) is 5.69 Å². The summed E-state index contributed by atoms with van der Waals surface area (Å²) in [5.74, 6) is -0.754. The number of rotatable bonds is 3. The van der Waals surface area contributed by atoms with E-state index in [1.807, 2.05) is 0 Å². The fourth-order valence-corrected chi connectivity index (χ4v) is 2.00. The standard InChI is InChI=1S/C13H10F3N3O4/c1-7-11(12(20)23-2)17-6-18(7)9-4-3-8(13(14,15)16)5-10(9)19(21)22/h3-6H,1-2H3. The summed E-state index contributed by atoms with van der Waals surface area (Å²) in [5.41, 5.74) is -1.90. The SMILES string of the molecule is COC(=O)c1ncn(-c2ccc(C(F)(F)F)cc2[N+](=O)[O-])c1C. The smallest absolute Gasteiger partial charge is 0.416 e. The fraction of sp³-hybridized carbons (Fsp3) is 0.231. The van der Waals surface area contributed by atoms with Gasteiger partial charge in [0.25, 0.3) is 5.69 Å². The number of carbonyl (C=O) groups excluding carboxylic acids is 1. The first-order valence-electron chi connectivity index (χ1n) is 6.15. The Morgan fingerprint density at radius 3 is 2.57 bits per heavy atom. The maximum atomic E-state index is 12.7. The van der Waals surface area contributed by atoms with Crippen molar-refractivity contribution < 1.29 is 27.6 Å². The molecule has 0 bridgehead atoms. The minimum Gasteiger partial charge on any atom is -0.464 e. The molecule has 10 heteroatoms. The Labute approximate surface area is 127 Å². The van der Waals surface area contributed by atoms with Crippen LogP contribution in [0.15, 0.2) is 24.5 Å². The monoisotopic (exact) mass is 329 g/mol. The van der Waals surface area contributed by atoms with Gasteiger partial charge in [0.05, 0.1) is 23.3 Å². The molecular formula is C13H10F3N3O4. The summed E-state index contributed by atoms with van der Waals surface area (Å²) in [4.78, 5) is 25.4. The van der Waals surface area contributed by atoms with Crippen LogP contribution >= 0.6 is 0 Å². The number of benzene rings is 1. The van der Waals surface area contributed by atoms with Crippen LogP contribution in [0, 0.1) is 17.0 Å². The molecule has 0 saturated heterocycles. The molecular weight excluding hydrogens is 319 g/mol. The summed E-state index contributed by atoms with van der Waals surface area (Å²) in [7, 11) is 1.14. The lowest BCUT2D eigenvalue weighted by molar-refractivity contribution is -0.384. The molecule has 1 aromatic carbocycles. The van der Waals surface area contributed by atoms with Gasteiger partial charge in [-0.25, -0.2) is 9.78 Å². The number of nitrogens with zero attached hydrogens (tertiary/aromatic N) is 3. The molecule has 0 aliphatic rings. The Morgan fingerprint density at radius 2 is 2.04 bits per heavy atom. The second kappa shape index (κ2) is 5.71. The van der Waals surface area contributed by atoms with Crippen LogP contribution in [0.25, 0.3) is 5.69 Å². The molecule has 122 valence electrons. The molecule has 1 aromatic heterocycles. The second-order valence-electron chi connectivity index (χ2n) is 4.50. The van der Waals surface area contributed by atoms with Gasteiger partial charge in [-0.2, -0.15) is 13.2 Å². The van der Waals surface area contributed by atoms with Gasteiger partial charge in [0.2, 0.25) is 0 Å². The Kier molecular flexibility index (Phi) is 4.08. The molecule has 7 nitrogen and oxygen atoms in total. The summed E-state index contributed by atoms with van der Waals surface area (Å²) < 4.78 is 43.8. The van der Waals surface area contributed by atoms with Crippen molar-refractivity contribution >= 4 is 11.7 Å². The number of carbonyl (C=O) groups is 1. The fourth-order valence-electron chi connectivity index (χ4n) is 2.00. The van der Waals surface area contributed by atoms with Gasteiger partial charge in [-0.1, -0.05) is 0 Å². The number of ether oxygens (including phenoxy) is 1. The zero-order valence-corrected chi connectivity index (χ0v) is 11.9. The molecule has 0 N–H and O–H groups in total. The van der Waals surface area contributed by atoms with E-state index in [9.17, 15) is 28.1 Å². The lowest BCUT2D eigenvalue weighted by Gasteiger charge is -2.10. The molecule has 2 rings (SSSR count). The van der Waals surface area contributed by atoms with Crippen LogP contribution < -0.4 is 0 Å². The maximum Gasteiger partial charge on any atom is 0.416 e. The highest BCUT2D eigenvalue weighted by molar-refractivity contribution is 5.88. The predicted octanol–water partition coefficient (Wildman–Crippen LogP) is 2.89. The first-order chi connectivity index (χ1) is 10.7. The van der Waals surface area contributed by atoms with E-state index in [1.54, 1.807) is 0 Å². The molecule has 0 aliphatic carbocycles. The van der Waals surface area contributed by atoms with E-state index in [0.717, 1.165) is 30.1 Å². The lowest BCUT2D eigenvalue weighted by Crippen LogP contribution is -2.09. The van der Waals surface area contributed by atoms with Gasteiger partial charge in [0.15, 0.2) is 5.69 Å². The van der Waals surface area contributed by atoms with Crippen LogP contribution in [0.5, 0.6) is 0 Å². The van der Waals surface area contributed by atoms with Crippen molar-refractivity contribution in [3.63, 3.8) is 0 Å². The van der Waals surface area contributed by atoms with E-state index in [1.165, 1.54) is 6.92 Å². The highest BCUT2D eigenvalue weighted by Gasteiger charge is 2.33. The largest absolute Gasteiger partial charge is 0.464 e. The predicted molar refractivity (Wildman–Crippen MR) is 71.3 cm³/mol. The third-order valence-electron chi connectivity index (χ3n) is 3.14. The first-order valence-corrected chi connectivity index (χ1v) is 6.15. The third-order valence-corrected chi connectivity index (χ3v) is 3.14. The number of imidazole rings is 1. The van der Waals surface area contributed by atoms with E-state index in [4.69, 9.17) is 0 Å². The topological polar surface area (TPSA) is 87.3 Å². The van der Waals surface area contributed by atoms with Crippen molar-refractivity contribution in [2.75, 3.05) is 7.11 Å². The zero-order valence-electron chi connectivity index (χ0n) is 11.9. The van der Waals surface area contributed by atoms with Gasteiger partial charge in [-0.3, -0.25) is 14.7 Å². The van der Waals surface area contributed by atoms with Gasteiger partial charge in [-0.05, 0) is 19.1 Å². The van der Waals surface area contributed by atoms with Crippen molar-refractivity contribution in [2.24, 2.45) is 0 Å². The maximum absolute atomic E-state index is 12.7. The molecule has 1 heterocycles. The number of hydrogen-bond donors (Lipinski definition) is 0. The molecule has 0 saturated carbocycles. The van der Waals surface area contributed by atoms with Gasteiger partial charge < -0.3 is 4.74 Å². The molecule has 0 aliphatic heterocycles. The number of halogens is 3. The van der Waals surface area contributed by atoms with E-state index in [2.05, 4.69) is 9.72 Å². The number of esters is 1. The van der Waals surface area contributed by atoms with Crippen LogP contribution in [0.4, 0.5) is 18.9 Å². The van der Waals surface area contributed by atoms with E-state index in [0.29, 0.717) is 6.07 Å². The van der Waals surface area contributed by atoms with Gasteiger partial charge in [0, 0.05) is 6.07 Å². The second-order valence-corrected chi connectivity index (χ2v) is 4.50. The summed E-state index contributed by atoms with van der Waals surface area (Å²) >= 11 is 0. The van der Waals surface area contributed by atoms with E-state index in [-0.39, 0.29) is 17.1 Å². The Morgan fingerprint density at radius 1 is 1.39 bits per heavy atom. The van der Waals surface area contributed by atoms with Gasteiger partial charge >= 0.3 is 12.1 Å². The van der Waals surface area contributed by atoms with Crippen LogP contribution in [-0.4, -0.2) is 27.6 Å². The number of nitro groups is 1. The Bertz CT molecular complexity index is 783. The van der Waals surface area contributed by atoms with Crippen molar-refractivity contribution in [3.05, 3.63) is 51.6 Å². The number of alkyl halides is 3. The molecule has 0 spiro atoms. The van der Waals surface area contributed by atoms with Gasteiger partial charge in [-0.15, -0.1) is 0 Å². The van der Waals surface area contributed by atoms with Gasteiger partial charge in [0.1, 0.15) is 12.0 Å². The molecule has 0 amide bonds. The average molecular weight is 329 g/mol. The Hall–Kier alpha value is -2.91.